The molecule has 2 heterocycles. The molecule has 0 atom stereocenters. The zero-order chi connectivity index (χ0) is 15.5. The van der Waals surface area contributed by atoms with Crippen LogP contribution < -0.4 is 19.6 Å². The van der Waals surface area contributed by atoms with Crippen LogP contribution in [0.4, 0.5) is 0 Å². The minimum atomic E-state index is -0.430. The van der Waals surface area contributed by atoms with Crippen LogP contribution >= 0.6 is 11.3 Å². The number of esters is 1. The van der Waals surface area contributed by atoms with E-state index in [1.807, 2.05) is 18.2 Å². The number of benzene rings is 1. The van der Waals surface area contributed by atoms with E-state index in [1.165, 1.54) is 18.4 Å². The minimum absolute atomic E-state index is 0.00673. The van der Waals surface area contributed by atoms with Gasteiger partial charge in [-0.05, 0) is 23.8 Å². The fourth-order valence-electron chi connectivity index (χ4n) is 2.08. The fourth-order valence-corrected chi connectivity index (χ4v) is 3.11. The van der Waals surface area contributed by atoms with Crippen molar-refractivity contribution in [1.82, 2.24) is 4.57 Å². The molecule has 3 rings (SSSR count). The number of ether oxygens (including phenoxy) is 2. The second kappa shape index (κ2) is 6.15. The number of carbonyl (C=O) groups excluding carboxylic acids is 1. The van der Waals surface area contributed by atoms with Crippen molar-refractivity contribution < 1.29 is 14.3 Å². The van der Waals surface area contributed by atoms with E-state index in [4.69, 9.17) is 4.74 Å². The van der Waals surface area contributed by atoms with Crippen molar-refractivity contribution in [2.45, 2.75) is 6.54 Å². The van der Waals surface area contributed by atoms with Crippen LogP contribution in [0.25, 0.3) is 6.08 Å². The second-order valence-electron chi connectivity index (χ2n) is 4.67. The van der Waals surface area contributed by atoms with Crippen LogP contribution in [-0.2, 0) is 16.1 Å². The van der Waals surface area contributed by atoms with Crippen LogP contribution in [0.1, 0.15) is 5.56 Å². The Kier molecular flexibility index (Phi) is 4.06. The molecule has 0 unspecified atom stereocenters. The number of nitrogens with zero attached hydrogens (tertiary/aromatic N) is 2. The average molecular weight is 318 g/mol. The Morgan fingerprint density at radius 3 is 2.86 bits per heavy atom. The second-order valence-corrected chi connectivity index (χ2v) is 5.67. The number of fused-ring (bicyclic) bond motifs is 1. The number of hydrogen-bond donors (Lipinski definition) is 0. The predicted octanol–water partition coefficient (Wildman–Crippen LogP) is -0.0764. The third kappa shape index (κ3) is 2.94. The summed E-state index contributed by atoms with van der Waals surface area (Å²) in [6.07, 6.45) is 1.83. The molecule has 0 saturated carbocycles. The van der Waals surface area contributed by atoms with Crippen molar-refractivity contribution in [3.05, 3.63) is 49.5 Å². The van der Waals surface area contributed by atoms with E-state index in [0.717, 1.165) is 10.4 Å². The molecule has 2 aromatic rings. The van der Waals surface area contributed by atoms with E-state index in [1.54, 1.807) is 16.7 Å². The number of thiazole rings is 1. The summed E-state index contributed by atoms with van der Waals surface area (Å²) in [5, 5.41) is 0. The molecule has 1 aliphatic rings. The first-order valence-electron chi connectivity index (χ1n) is 6.73. The highest BCUT2D eigenvalue weighted by Crippen LogP contribution is 2.12. The summed E-state index contributed by atoms with van der Waals surface area (Å²) in [4.78, 5) is 28.2. The minimum Gasteiger partial charge on any atom is -0.482 e. The van der Waals surface area contributed by atoms with Gasteiger partial charge in [0.25, 0.3) is 5.56 Å². The summed E-state index contributed by atoms with van der Waals surface area (Å²) in [5.74, 6) is 0.142. The number of carbonyl (C=O) groups is 1. The summed E-state index contributed by atoms with van der Waals surface area (Å²) >= 11 is 1.40. The van der Waals surface area contributed by atoms with E-state index in [2.05, 4.69) is 9.73 Å². The Morgan fingerprint density at radius 1 is 1.41 bits per heavy atom. The van der Waals surface area contributed by atoms with Gasteiger partial charge in [0.2, 0.25) is 0 Å². The average Bonchev–Trinajstić information content (AvgIpc) is 3.10. The van der Waals surface area contributed by atoms with E-state index < -0.39 is 5.97 Å². The van der Waals surface area contributed by atoms with Gasteiger partial charge in [-0.3, -0.25) is 14.4 Å². The normalized spacial score (nSPS) is 13.6. The van der Waals surface area contributed by atoms with Crippen LogP contribution in [0.2, 0.25) is 0 Å². The monoisotopic (exact) mass is 318 g/mol. The van der Waals surface area contributed by atoms with Gasteiger partial charge in [-0.1, -0.05) is 23.5 Å². The van der Waals surface area contributed by atoms with Gasteiger partial charge >= 0.3 is 5.97 Å². The van der Waals surface area contributed by atoms with Crippen molar-refractivity contribution >= 4 is 23.4 Å². The number of aromatic nitrogens is 1. The van der Waals surface area contributed by atoms with Crippen LogP contribution in [0.15, 0.2) is 34.1 Å². The summed E-state index contributed by atoms with van der Waals surface area (Å²) in [5.41, 5.74) is 0.898. The van der Waals surface area contributed by atoms with Crippen molar-refractivity contribution in [3.63, 3.8) is 0 Å². The molecular weight excluding hydrogens is 304 g/mol. The molecule has 7 heteroatoms. The van der Waals surface area contributed by atoms with Gasteiger partial charge in [0, 0.05) is 6.54 Å². The third-order valence-corrected chi connectivity index (χ3v) is 4.27. The van der Waals surface area contributed by atoms with Crippen molar-refractivity contribution in [1.29, 1.82) is 0 Å². The summed E-state index contributed by atoms with van der Waals surface area (Å²) < 4.78 is 12.1. The summed E-state index contributed by atoms with van der Waals surface area (Å²) in [6.45, 7) is 1.23. The largest absolute Gasteiger partial charge is 0.482 e. The Morgan fingerprint density at radius 2 is 2.18 bits per heavy atom. The highest BCUT2D eigenvalue weighted by molar-refractivity contribution is 7.07. The van der Waals surface area contributed by atoms with Gasteiger partial charge in [-0.15, -0.1) is 0 Å². The molecule has 0 radical (unpaired) electrons. The van der Waals surface area contributed by atoms with Crippen LogP contribution in [0.5, 0.6) is 5.75 Å². The van der Waals surface area contributed by atoms with Crippen molar-refractivity contribution in [2.24, 2.45) is 4.99 Å². The SMILES string of the molecule is COC(=O)COc1ccc(/C=c2/sc3n(c2=O)CCN=3)cc1. The molecule has 1 aromatic carbocycles. The fraction of sp³-hybridized carbons (Fsp3) is 0.267. The number of rotatable bonds is 4. The van der Waals surface area contributed by atoms with Gasteiger partial charge in [0.05, 0.1) is 18.2 Å². The van der Waals surface area contributed by atoms with E-state index in [0.29, 0.717) is 23.4 Å². The highest BCUT2D eigenvalue weighted by Gasteiger charge is 2.09. The molecule has 0 amide bonds. The maximum atomic E-state index is 12.1. The lowest BCUT2D eigenvalue weighted by atomic mass is 10.2. The van der Waals surface area contributed by atoms with Gasteiger partial charge in [0.1, 0.15) is 5.75 Å². The third-order valence-electron chi connectivity index (χ3n) is 3.22. The van der Waals surface area contributed by atoms with Crippen LogP contribution in [0, 0.1) is 0 Å². The molecule has 0 aliphatic carbocycles. The quantitative estimate of drug-likeness (QED) is 0.740. The molecule has 0 fully saturated rings. The first-order chi connectivity index (χ1) is 10.7. The summed E-state index contributed by atoms with van der Waals surface area (Å²) in [7, 11) is 1.31. The lowest BCUT2D eigenvalue weighted by Gasteiger charge is -2.04. The maximum absolute atomic E-state index is 12.1. The van der Waals surface area contributed by atoms with E-state index in [9.17, 15) is 9.59 Å². The topological polar surface area (TPSA) is 69.9 Å². The molecule has 6 nitrogen and oxygen atoms in total. The van der Waals surface area contributed by atoms with Gasteiger partial charge in [-0.2, -0.15) is 0 Å². The first-order valence-corrected chi connectivity index (χ1v) is 7.54. The Labute approximate surface area is 129 Å². The van der Waals surface area contributed by atoms with Crippen molar-refractivity contribution in [2.75, 3.05) is 20.3 Å². The standard InChI is InChI=1S/C15H14N2O4S/c1-20-13(18)9-21-11-4-2-10(3-5-11)8-12-14(19)17-7-6-16-15(17)22-12/h2-5,8H,6-7,9H2,1H3/b12-8+. The lowest BCUT2D eigenvalue weighted by Crippen LogP contribution is -2.29. The molecule has 0 bridgehead atoms. The van der Waals surface area contributed by atoms with Gasteiger partial charge in [0.15, 0.2) is 11.4 Å². The predicted molar refractivity (Wildman–Crippen MR) is 81.7 cm³/mol. The van der Waals surface area contributed by atoms with Crippen molar-refractivity contribution in [3.8, 4) is 5.75 Å². The highest BCUT2D eigenvalue weighted by atomic mass is 32.1. The molecule has 0 saturated heterocycles. The Balaban J connectivity index is 1.81. The van der Waals surface area contributed by atoms with E-state index >= 15 is 0 Å². The lowest BCUT2D eigenvalue weighted by molar-refractivity contribution is -0.142. The van der Waals surface area contributed by atoms with Crippen LogP contribution in [-0.4, -0.2) is 30.8 Å². The smallest absolute Gasteiger partial charge is 0.343 e. The zero-order valence-electron chi connectivity index (χ0n) is 11.9. The molecule has 0 N–H and O–H groups in total. The van der Waals surface area contributed by atoms with Gasteiger partial charge in [-0.25, -0.2) is 4.79 Å². The van der Waals surface area contributed by atoms with Crippen LogP contribution in [0.3, 0.4) is 0 Å². The Bertz CT molecular complexity index is 864. The van der Waals surface area contributed by atoms with Gasteiger partial charge < -0.3 is 9.47 Å². The maximum Gasteiger partial charge on any atom is 0.343 e. The first kappa shape index (κ1) is 14.5. The molecule has 22 heavy (non-hydrogen) atoms. The Hall–Kier alpha value is -2.41. The zero-order valence-corrected chi connectivity index (χ0v) is 12.8. The molecule has 114 valence electrons. The molecular formula is C15H14N2O4S. The number of hydrogen-bond acceptors (Lipinski definition) is 6. The number of methoxy groups -OCH3 is 1. The molecule has 0 spiro atoms. The van der Waals surface area contributed by atoms with E-state index in [-0.39, 0.29) is 12.2 Å². The molecule has 1 aromatic heterocycles. The molecule has 1 aliphatic heterocycles. The summed E-state index contributed by atoms with van der Waals surface area (Å²) in [6, 6.07) is 7.16.